The lowest BCUT2D eigenvalue weighted by atomic mass is 10.1. The van der Waals surface area contributed by atoms with E-state index in [1.165, 1.54) is 12.8 Å². The van der Waals surface area contributed by atoms with Gasteiger partial charge in [0.05, 0.1) is 4.47 Å². The van der Waals surface area contributed by atoms with Crippen molar-refractivity contribution in [3.63, 3.8) is 0 Å². The first kappa shape index (κ1) is 10.4. The standard InChI is InChI=1S/C10H12Br2N2/c11-8-3-6-14(7-4-8)10-9(12)2-1-5-13-10/h1-2,5,8H,3-4,6-7H2. The highest BCUT2D eigenvalue weighted by Gasteiger charge is 2.19. The van der Waals surface area contributed by atoms with Gasteiger partial charge in [-0.1, -0.05) is 15.9 Å². The Morgan fingerprint density at radius 1 is 1.36 bits per heavy atom. The number of pyridine rings is 1. The minimum atomic E-state index is 0.682. The van der Waals surface area contributed by atoms with Crippen molar-refractivity contribution < 1.29 is 0 Å². The molecule has 0 radical (unpaired) electrons. The van der Waals surface area contributed by atoms with E-state index < -0.39 is 0 Å². The molecule has 2 heterocycles. The summed E-state index contributed by atoms with van der Waals surface area (Å²) in [6.07, 6.45) is 4.24. The zero-order chi connectivity index (χ0) is 9.97. The summed E-state index contributed by atoms with van der Waals surface area (Å²) < 4.78 is 1.09. The highest BCUT2D eigenvalue weighted by atomic mass is 79.9. The smallest absolute Gasteiger partial charge is 0.142 e. The molecule has 0 amide bonds. The molecule has 0 aliphatic carbocycles. The van der Waals surface area contributed by atoms with Crippen LogP contribution in [-0.2, 0) is 0 Å². The Balaban J connectivity index is 2.12. The van der Waals surface area contributed by atoms with Gasteiger partial charge in [0, 0.05) is 24.1 Å². The molecule has 0 unspecified atom stereocenters. The van der Waals surface area contributed by atoms with Crippen LogP contribution >= 0.6 is 31.9 Å². The van der Waals surface area contributed by atoms with Crippen LogP contribution in [0.25, 0.3) is 0 Å². The zero-order valence-electron chi connectivity index (χ0n) is 7.79. The summed E-state index contributed by atoms with van der Waals surface area (Å²) in [5.74, 6) is 1.08. The summed E-state index contributed by atoms with van der Waals surface area (Å²) in [4.78, 5) is 7.41. The quantitative estimate of drug-likeness (QED) is 0.739. The normalized spacial score (nSPS) is 18.6. The molecule has 2 nitrogen and oxygen atoms in total. The van der Waals surface area contributed by atoms with Crippen molar-refractivity contribution in [3.8, 4) is 0 Å². The van der Waals surface area contributed by atoms with E-state index in [9.17, 15) is 0 Å². The van der Waals surface area contributed by atoms with Crippen LogP contribution in [-0.4, -0.2) is 22.9 Å². The van der Waals surface area contributed by atoms with Gasteiger partial charge < -0.3 is 4.90 Å². The number of aromatic nitrogens is 1. The van der Waals surface area contributed by atoms with Gasteiger partial charge in [-0.25, -0.2) is 4.98 Å². The van der Waals surface area contributed by atoms with Crippen molar-refractivity contribution in [2.24, 2.45) is 0 Å². The van der Waals surface area contributed by atoms with Crippen LogP contribution in [0, 0.1) is 0 Å². The van der Waals surface area contributed by atoms with Crippen molar-refractivity contribution in [1.29, 1.82) is 0 Å². The molecule has 76 valence electrons. The molecular formula is C10H12Br2N2. The highest BCUT2D eigenvalue weighted by molar-refractivity contribution is 9.10. The Hall–Kier alpha value is -0.0900. The second-order valence-electron chi connectivity index (χ2n) is 3.47. The molecule has 1 saturated heterocycles. The van der Waals surface area contributed by atoms with E-state index >= 15 is 0 Å². The number of hydrogen-bond donors (Lipinski definition) is 0. The molecule has 1 aliphatic rings. The van der Waals surface area contributed by atoms with Gasteiger partial charge in [-0.2, -0.15) is 0 Å². The first-order chi connectivity index (χ1) is 6.77. The third-order valence-electron chi connectivity index (χ3n) is 2.46. The van der Waals surface area contributed by atoms with E-state index in [1.807, 2.05) is 18.3 Å². The summed E-state index contributed by atoms with van der Waals surface area (Å²) in [5.41, 5.74) is 0. The topological polar surface area (TPSA) is 16.1 Å². The van der Waals surface area contributed by atoms with Gasteiger partial charge in [-0.05, 0) is 40.9 Å². The summed E-state index contributed by atoms with van der Waals surface area (Å²) in [7, 11) is 0. The van der Waals surface area contributed by atoms with Crippen LogP contribution in [0.1, 0.15) is 12.8 Å². The average Bonchev–Trinajstić information content (AvgIpc) is 2.20. The molecule has 0 atom stereocenters. The van der Waals surface area contributed by atoms with E-state index in [2.05, 4.69) is 41.7 Å². The van der Waals surface area contributed by atoms with E-state index in [1.54, 1.807) is 0 Å². The van der Waals surface area contributed by atoms with Crippen LogP contribution in [0.15, 0.2) is 22.8 Å². The number of nitrogens with zero attached hydrogens (tertiary/aromatic N) is 2. The number of anilines is 1. The van der Waals surface area contributed by atoms with Crippen LogP contribution < -0.4 is 4.90 Å². The molecule has 0 N–H and O–H groups in total. The predicted molar refractivity (Wildman–Crippen MR) is 66.1 cm³/mol. The van der Waals surface area contributed by atoms with E-state index in [-0.39, 0.29) is 0 Å². The molecule has 0 aromatic carbocycles. The molecule has 1 aromatic rings. The van der Waals surface area contributed by atoms with Gasteiger partial charge in [0.15, 0.2) is 0 Å². The van der Waals surface area contributed by atoms with Gasteiger partial charge in [0.1, 0.15) is 5.82 Å². The van der Waals surface area contributed by atoms with Crippen LogP contribution in [0.2, 0.25) is 0 Å². The second kappa shape index (κ2) is 4.62. The molecule has 14 heavy (non-hydrogen) atoms. The minimum Gasteiger partial charge on any atom is -0.356 e. The molecule has 0 bridgehead atoms. The lowest BCUT2D eigenvalue weighted by Gasteiger charge is -2.30. The molecule has 1 aromatic heterocycles. The maximum atomic E-state index is 4.39. The largest absolute Gasteiger partial charge is 0.356 e. The Bertz CT molecular complexity index is 309. The molecule has 2 rings (SSSR count). The summed E-state index contributed by atoms with van der Waals surface area (Å²) >= 11 is 7.18. The molecular weight excluding hydrogens is 308 g/mol. The monoisotopic (exact) mass is 318 g/mol. The fraction of sp³-hybridized carbons (Fsp3) is 0.500. The van der Waals surface area contributed by atoms with Gasteiger partial charge >= 0.3 is 0 Å². The number of rotatable bonds is 1. The Labute approximate surface area is 101 Å². The van der Waals surface area contributed by atoms with E-state index in [0.717, 1.165) is 23.4 Å². The maximum absolute atomic E-state index is 4.39. The van der Waals surface area contributed by atoms with Gasteiger partial charge in [0.25, 0.3) is 0 Å². The number of halogens is 2. The summed E-state index contributed by atoms with van der Waals surface area (Å²) in [5, 5.41) is 0. The third-order valence-corrected chi connectivity index (χ3v) is 4.00. The van der Waals surface area contributed by atoms with Crippen LogP contribution in [0.3, 0.4) is 0 Å². The molecule has 0 saturated carbocycles. The molecule has 1 aliphatic heterocycles. The zero-order valence-corrected chi connectivity index (χ0v) is 11.0. The van der Waals surface area contributed by atoms with Gasteiger partial charge in [0.2, 0.25) is 0 Å². The summed E-state index contributed by atoms with van der Waals surface area (Å²) in [6, 6.07) is 3.99. The fourth-order valence-corrected chi connectivity index (χ4v) is 2.59. The van der Waals surface area contributed by atoms with Crippen molar-refractivity contribution in [1.82, 2.24) is 4.98 Å². The fourth-order valence-electron chi connectivity index (χ4n) is 1.67. The predicted octanol–water partition coefficient (Wildman–Crippen LogP) is 3.21. The Morgan fingerprint density at radius 2 is 2.07 bits per heavy atom. The average molecular weight is 320 g/mol. The minimum absolute atomic E-state index is 0.682. The van der Waals surface area contributed by atoms with Gasteiger partial charge in [-0.15, -0.1) is 0 Å². The van der Waals surface area contributed by atoms with Crippen molar-refractivity contribution >= 4 is 37.7 Å². The highest BCUT2D eigenvalue weighted by Crippen LogP contribution is 2.27. The van der Waals surface area contributed by atoms with E-state index in [4.69, 9.17) is 0 Å². The third kappa shape index (κ3) is 2.28. The number of alkyl halides is 1. The van der Waals surface area contributed by atoms with E-state index in [0.29, 0.717) is 4.83 Å². The lowest BCUT2D eigenvalue weighted by Crippen LogP contribution is -2.34. The van der Waals surface area contributed by atoms with Crippen molar-refractivity contribution in [2.75, 3.05) is 18.0 Å². The Kier molecular flexibility index (Phi) is 3.44. The SMILES string of the molecule is Brc1cccnc1N1CCC(Br)CC1. The number of hydrogen-bond acceptors (Lipinski definition) is 2. The maximum Gasteiger partial charge on any atom is 0.142 e. The van der Waals surface area contributed by atoms with Crippen LogP contribution in [0.5, 0.6) is 0 Å². The van der Waals surface area contributed by atoms with Crippen molar-refractivity contribution in [2.45, 2.75) is 17.7 Å². The van der Waals surface area contributed by atoms with Gasteiger partial charge in [-0.3, -0.25) is 0 Å². The molecule has 1 fully saturated rings. The summed E-state index contributed by atoms with van der Waals surface area (Å²) in [6.45, 7) is 2.18. The first-order valence-corrected chi connectivity index (χ1v) is 6.48. The van der Waals surface area contributed by atoms with Crippen molar-refractivity contribution in [3.05, 3.63) is 22.8 Å². The Morgan fingerprint density at radius 3 is 2.71 bits per heavy atom. The molecule has 0 spiro atoms. The molecule has 4 heteroatoms. The first-order valence-electron chi connectivity index (χ1n) is 4.77. The number of piperidine rings is 1. The lowest BCUT2D eigenvalue weighted by molar-refractivity contribution is 0.592. The van der Waals surface area contributed by atoms with Crippen LogP contribution in [0.4, 0.5) is 5.82 Å². The second-order valence-corrected chi connectivity index (χ2v) is 5.62.